The summed E-state index contributed by atoms with van der Waals surface area (Å²) in [7, 11) is 0. The quantitative estimate of drug-likeness (QED) is 0.767. The van der Waals surface area contributed by atoms with E-state index in [4.69, 9.17) is 11.6 Å². The Balaban J connectivity index is 1.90. The summed E-state index contributed by atoms with van der Waals surface area (Å²) in [5.41, 5.74) is 5.79. The maximum Gasteiger partial charge on any atom is 0.194 e. The van der Waals surface area contributed by atoms with E-state index in [0.717, 1.165) is 33.5 Å². The van der Waals surface area contributed by atoms with Crippen LogP contribution in [0.1, 0.15) is 22.6 Å². The molecule has 2 aromatic heterocycles. The number of aromatic nitrogens is 2. The van der Waals surface area contributed by atoms with E-state index < -0.39 is 0 Å². The molecule has 0 saturated carbocycles. The molecule has 0 atom stereocenters. The van der Waals surface area contributed by atoms with Gasteiger partial charge in [-0.15, -0.1) is 11.3 Å². The van der Waals surface area contributed by atoms with Crippen LogP contribution in [0.3, 0.4) is 0 Å². The van der Waals surface area contributed by atoms with E-state index in [1.54, 1.807) is 11.3 Å². The van der Waals surface area contributed by atoms with Gasteiger partial charge >= 0.3 is 0 Å². The van der Waals surface area contributed by atoms with Crippen molar-refractivity contribution in [3.63, 3.8) is 0 Å². The molecule has 3 rings (SSSR count). The first kappa shape index (κ1) is 13.5. The second-order valence-electron chi connectivity index (χ2n) is 4.95. The third kappa shape index (κ3) is 2.30. The van der Waals surface area contributed by atoms with Crippen LogP contribution in [-0.2, 0) is 6.54 Å². The van der Waals surface area contributed by atoms with Crippen molar-refractivity contribution in [1.82, 2.24) is 9.38 Å². The van der Waals surface area contributed by atoms with E-state index in [1.165, 1.54) is 11.4 Å². The molecule has 0 aliphatic carbocycles. The van der Waals surface area contributed by atoms with Crippen LogP contribution in [0.4, 0.5) is 5.69 Å². The Kier molecular flexibility index (Phi) is 3.44. The fourth-order valence-corrected chi connectivity index (χ4v) is 3.54. The summed E-state index contributed by atoms with van der Waals surface area (Å²) in [6.45, 7) is 6.99. The summed E-state index contributed by atoms with van der Waals surface area (Å²) in [5, 5.41) is 6.38. The van der Waals surface area contributed by atoms with Crippen LogP contribution in [0.5, 0.6) is 0 Å². The van der Waals surface area contributed by atoms with Crippen LogP contribution in [0.2, 0.25) is 5.02 Å². The fraction of sp³-hybridized carbons (Fsp3) is 0.267. The van der Waals surface area contributed by atoms with Crippen molar-refractivity contribution in [2.75, 3.05) is 5.32 Å². The number of rotatable bonds is 3. The predicted octanol–water partition coefficient (Wildman–Crippen LogP) is 4.59. The summed E-state index contributed by atoms with van der Waals surface area (Å²) >= 11 is 7.67. The first-order chi connectivity index (χ1) is 9.56. The van der Waals surface area contributed by atoms with Gasteiger partial charge in [-0.05, 0) is 44.5 Å². The van der Waals surface area contributed by atoms with Gasteiger partial charge < -0.3 is 5.32 Å². The van der Waals surface area contributed by atoms with Crippen molar-refractivity contribution in [2.24, 2.45) is 0 Å². The van der Waals surface area contributed by atoms with Gasteiger partial charge in [0.1, 0.15) is 0 Å². The van der Waals surface area contributed by atoms with Gasteiger partial charge in [0.05, 0.1) is 17.9 Å². The molecule has 5 heteroatoms. The zero-order chi connectivity index (χ0) is 14.3. The number of nitrogens with zero attached hydrogens (tertiary/aromatic N) is 2. The summed E-state index contributed by atoms with van der Waals surface area (Å²) in [6, 6.07) is 5.90. The lowest BCUT2D eigenvalue weighted by Crippen LogP contribution is -2.05. The molecule has 0 bridgehead atoms. The lowest BCUT2D eigenvalue weighted by molar-refractivity contribution is 0.965. The summed E-state index contributed by atoms with van der Waals surface area (Å²) in [5.74, 6) is 0. The van der Waals surface area contributed by atoms with Crippen LogP contribution in [-0.4, -0.2) is 9.38 Å². The molecule has 0 spiro atoms. The molecule has 3 aromatic rings. The van der Waals surface area contributed by atoms with Gasteiger partial charge in [-0.3, -0.25) is 4.40 Å². The second kappa shape index (κ2) is 5.11. The van der Waals surface area contributed by atoms with Crippen molar-refractivity contribution >= 4 is 33.6 Å². The second-order valence-corrected chi connectivity index (χ2v) is 6.22. The average Bonchev–Trinajstić information content (AvgIpc) is 2.89. The molecule has 20 heavy (non-hydrogen) atoms. The Morgan fingerprint density at radius 1 is 1.30 bits per heavy atom. The number of anilines is 1. The Hall–Kier alpha value is -1.52. The van der Waals surface area contributed by atoms with Crippen molar-refractivity contribution in [1.29, 1.82) is 0 Å². The number of aryl methyl sites for hydroxylation is 3. The minimum Gasteiger partial charge on any atom is -0.379 e. The predicted molar refractivity (Wildman–Crippen MR) is 86.1 cm³/mol. The number of fused-ring (bicyclic) bond motifs is 1. The zero-order valence-corrected chi connectivity index (χ0v) is 13.3. The van der Waals surface area contributed by atoms with Gasteiger partial charge in [-0.2, -0.15) is 0 Å². The molecular formula is C15H16ClN3S. The molecule has 0 radical (unpaired) electrons. The molecule has 0 aliphatic heterocycles. The Bertz CT molecular complexity index is 773. The molecule has 0 aliphatic rings. The molecule has 2 heterocycles. The lowest BCUT2D eigenvalue weighted by Gasteiger charge is -2.10. The third-order valence-corrected chi connectivity index (χ3v) is 4.64. The van der Waals surface area contributed by atoms with E-state index in [9.17, 15) is 0 Å². The van der Waals surface area contributed by atoms with Crippen LogP contribution in [0.15, 0.2) is 23.6 Å². The minimum absolute atomic E-state index is 0.757. The van der Waals surface area contributed by atoms with Gasteiger partial charge in [-0.1, -0.05) is 11.6 Å². The van der Waals surface area contributed by atoms with Crippen LogP contribution in [0.25, 0.3) is 4.96 Å². The highest BCUT2D eigenvalue weighted by atomic mass is 35.5. The SMILES string of the molecule is Cc1cc(Cl)ccc1NCc1c(C)nc2scc(C)n12. The van der Waals surface area contributed by atoms with Crippen molar-refractivity contribution in [2.45, 2.75) is 27.3 Å². The van der Waals surface area contributed by atoms with Gasteiger partial charge in [0, 0.05) is 21.8 Å². The number of thiazole rings is 1. The Labute approximate surface area is 127 Å². The molecule has 0 saturated heterocycles. The van der Waals surface area contributed by atoms with E-state index in [2.05, 4.69) is 40.9 Å². The normalized spacial score (nSPS) is 11.2. The van der Waals surface area contributed by atoms with Crippen molar-refractivity contribution < 1.29 is 0 Å². The summed E-state index contributed by atoms with van der Waals surface area (Å²) < 4.78 is 2.22. The Morgan fingerprint density at radius 2 is 2.10 bits per heavy atom. The topological polar surface area (TPSA) is 29.3 Å². The van der Waals surface area contributed by atoms with E-state index in [1.807, 2.05) is 18.2 Å². The van der Waals surface area contributed by atoms with Crippen LogP contribution in [0, 0.1) is 20.8 Å². The smallest absolute Gasteiger partial charge is 0.194 e. The van der Waals surface area contributed by atoms with E-state index in [-0.39, 0.29) is 0 Å². The van der Waals surface area contributed by atoms with Gasteiger partial charge in [0.25, 0.3) is 0 Å². The highest BCUT2D eigenvalue weighted by Gasteiger charge is 2.12. The van der Waals surface area contributed by atoms with Gasteiger partial charge in [-0.25, -0.2) is 4.98 Å². The number of benzene rings is 1. The lowest BCUT2D eigenvalue weighted by atomic mass is 10.2. The maximum absolute atomic E-state index is 5.99. The molecule has 0 fully saturated rings. The van der Waals surface area contributed by atoms with Crippen LogP contribution >= 0.6 is 22.9 Å². The summed E-state index contributed by atoms with van der Waals surface area (Å²) in [4.78, 5) is 5.66. The zero-order valence-electron chi connectivity index (χ0n) is 11.7. The average molecular weight is 306 g/mol. The molecule has 3 nitrogen and oxygen atoms in total. The minimum atomic E-state index is 0.757. The number of halogens is 1. The molecule has 1 aromatic carbocycles. The summed E-state index contributed by atoms with van der Waals surface area (Å²) in [6.07, 6.45) is 0. The number of hydrogen-bond acceptors (Lipinski definition) is 3. The first-order valence-electron chi connectivity index (χ1n) is 6.48. The number of nitrogens with one attached hydrogen (secondary N) is 1. The largest absolute Gasteiger partial charge is 0.379 e. The van der Waals surface area contributed by atoms with E-state index >= 15 is 0 Å². The van der Waals surface area contributed by atoms with Crippen molar-refractivity contribution in [3.05, 3.63) is 51.2 Å². The number of hydrogen-bond donors (Lipinski definition) is 1. The maximum atomic E-state index is 5.99. The molecule has 0 amide bonds. The third-order valence-electron chi connectivity index (χ3n) is 3.46. The highest BCUT2D eigenvalue weighted by Crippen LogP contribution is 2.23. The molecule has 104 valence electrons. The fourth-order valence-electron chi connectivity index (χ4n) is 2.38. The van der Waals surface area contributed by atoms with Crippen molar-refractivity contribution in [3.8, 4) is 0 Å². The molecule has 1 N–H and O–H groups in total. The standard InChI is InChI=1S/C15H16ClN3S/c1-9-6-12(16)4-5-13(9)17-7-14-11(3)18-15-19(14)10(2)8-20-15/h4-6,8,17H,7H2,1-3H3. The Morgan fingerprint density at radius 3 is 2.85 bits per heavy atom. The number of imidazole rings is 1. The molecule has 0 unspecified atom stereocenters. The van der Waals surface area contributed by atoms with Crippen LogP contribution < -0.4 is 5.32 Å². The van der Waals surface area contributed by atoms with Gasteiger partial charge in [0.15, 0.2) is 4.96 Å². The van der Waals surface area contributed by atoms with E-state index in [0.29, 0.717) is 0 Å². The molecular weight excluding hydrogens is 290 g/mol. The highest BCUT2D eigenvalue weighted by molar-refractivity contribution is 7.15. The first-order valence-corrected chi connectivity index (χ1v) is 7.74. The monoisotopic (exact) mass is 305 g/mol. The van der Waals surface area contributed by atoms with Gasteiger partial charge in [0.2, 0.25) is 0 Å².